The summed E-state index contributed by atoms with van der Waals surface area (Å²) in [6.45, 7) is 0. The van der Waals surface area contributed by atoms with Gasteiger partial charge in [-0.1, -0.05) is 6.42 Å². The molecule has 2 rings (SSSR count). The molecule has 1 aromatic rings. The quantitative estimate of drug-likeness (QED) is 0.793. The highest BCUT2D eigenvalue weighted by atomic mass is 19.4. The summed E-state index contributed by atoms with van der Waals surface area (Å²) in [6, 6.07) is 1.77. The van der Waals surface area contributed by atoms with Gasteiger partial charge in [-0.2, -0.15) is 13.2 Å². The van der Waals surface area contributed by atoms with Crippen molar-refractivity contribution < 1.29 is 17.6 Å². The zero-order valence-electron chi connectivity index (χ0n) is 9.10. The fourth-order valence-electron chi connectivity index (χ4n) is 2.12. The predicted molar refractivity (Wildman–Crippen MR) is 55.7 cm³/mol. The molecule has 0 aromatic heterocycles. The lowest BCUT2D eigenvalue weighted by atomic mass is 9.76. The second kappa shape index (κ2) is 4.29. The smallest absolute Gasteiger partial charge is 0.324 e. The SMILES string of the molecule is N[C@@H](c1cc(F)ccc1C(F)(F)F)C1CCC1. The normalized spacial score (nSPS) is 18.9. The molecule has 1 fully saturated rings. The van der Waals surface area contributed by atoms with Crippen molar-refractivity contribution in [2.24, 2.45) is 11.7 Å². The highest BCUT2D eigenvalue weighted by Crippen LogP contribution is 2.41. The van der Waals surface area contributed by atoms with E-state index in [4.69, 9.17) is 5.73 Å². The second-order valence-electron chi connectivity index (χ2n) is 4.45. The van der Waals surface area contributed by atoms with E-state index >= 15 is 0 Å². The summed E-state index contributed by atoms with van der Waals surface area (Å²) >= 11 is 0. The Kier molecular flexibility index (Phi) is 3.12. The van der Waals surface area contributed by atoms with Crippen molar-refractivity contribution in [2.75, 3.05) is 0 Å². The van der Waals surface area contributed by atoms with Crippen molar-refractivity contribution >= 4 is 0 Å². The number of rotatable bonds is 2. The summed E-state index contributed by atoms with van der Waals surface area (Å²) in [5, 5.41) is 0. The van der Waals surface area contributed by atoms with E-state index in [-0.39, 0.29) is 11.5 Å². The number of benzene rings is 1. The molecule has 1 aromatic carbocycles. The second-order valence-corrected chi connectivity index (χ2v) is 4.45. The summed E-state index contributed by atoms with van der Waals surface area (Å²) < 4.78 is 51.3. The highest BCUT2D eigenvalue weighted by Gasteiger charge is 2.37. The molecule has 1 aliphatic carbocycles. The molecule has 0 heterocycles. The van der Waals surface area contributed by atoms with Gasteiger partial charge in [0.2, 0.25) is 0 Å². The van der Waals surface area contributed by atoms with Gasteiger partial charge in [0.1, 0.15) is 5.82 Å². The van der Waals surface area contributed by atoms with Crippen LogP contribution in [-0.4, -0.2) is 0 Å². The van der Waals surface area contributed by atoms with Gasteiger partial charge in [0, 0.05) is 6.04 Å². The number of nitrogens with two attached hydrogens (primary N) is 1. The van der Waals surface area contributed by atoms with Gasteiger partial charge in [-0.15, -0.1) is 0 Å². The van der Waals surface area contributed by atoms with Crippen molar-refractivity contribution in [3.63, 3.8) is 0 Å². The monoisotopic (exact) mass is 247 g/mol. The summed E-state index contributed by atoms with van der Waals surface area (Å²) in [6.07, 6.45) is -1.87. The molecule has 0 bridgehead atoms. The minimum absolute atomic E-state index is 0.0397. The third-order valence-electron chi connectivity index (χ3n) is 3.34. The molecule has 2 N–H and O–H groups in total. The van der Waals surface area contributed by atoms with E-state index in [9.17, 15) is 17.6 Å². The van der Waals surface area contributed by atoms with Crippen LogP contribution in [0.1, 0.15) is 36.4 Å². The first kappa shape index (κ1) is 12.4. The average Bonchev–Trinajstić information content (AvgIpc) is 2.12. The predicted octanol–water partition coefficient (Wildman–Crippen LogP) is 3.64. The summed E-state index contributed by atoms with van der Waals surface area (Å²) in [5.74, 6) is -0.638. The summed E-state index contributed by atoms with van der Waals surface area (Å²) in [7, 11) is 0. The molecule has 0 radical (unpaired) electrons. The summed E-state index contributed by atoms with van der Waals surface area (Å²) in [5.41, 5.74) is 4.86. The van der Waals surface area contributed by atoms with Crippen molar-refractivity contribution in [1.82, 2.24) is 0 Å². The van der Waals surface area contributed by atoms with Gasteiger partial charge in [-0.05, 0) is 42.5 Å². The number of alkyl halides is 3. The van der Waals surface area contributed by atoms with Crippen LogP contribution in [0.2, 0.25) is 0 Å². The van der Waals surface area contributed by atoms with Crippen LogP contribution in [0.5, 0.6) is 0 Å². The van der Waals surface area contributed by atoms with E-state index < -0.39 is 23.6 Å². The van der Waals surface area contributed by atoms with Gasteiger partial charge < -0.3 is 5.73 Å². The van der Waals surface area contributed by atoms with Gasteiger partial charge in [-0.25, -0.2) is 4.39 Å². The van der Waals surface area contributed by atoms with Crippen LogP contribution in [0.4, 0.5) is 17.6 Å². The zero-order valence-corrected chi connectivity index (χ0v) is 9.10. The minimum atomic E-state index is -4.48. The first-order chi connectivity index (χ1) is 7.89. The van der Waals surface area contributed by atoms with Crippen molar-refractivity contribution in [3.05, 3.63) is 35.1 Å². The van der Waals surface area contributed by atoms with E-state index in [1.165, 1.54) is 0 Å². The maximum absolute atomic E-state index is 13.1. The lowest BCUT2D eigenvalue weighted by molar-refractivity contribution is -0.138. The third kappa shape index (κ3) is 2.44. The van der Waals surface area contributed by atoms with E-state index in [1.54, 1.807) is 0 Å². The first-order valence-electron chi connectivity index (χ1n) is 5.52. The molecule has 5 heteroatoms. The maximum atomic E-state index is 13.1. The van der Waals surface area contributed by atoms with Crippen LogP contribution >= 0.6 is 0 Å². The average molecular weight is 247 g/mol. The molecule has 0 amide bonds. The Morgan fingerprint density at radius 1 is 1.24 bits per heavy atom. The van der Waals surface area contributed by atoms with Gasteiger partial charge in [-0.3, -0.25) is 0 Å². The molecule has 0 spiro atoms. The maximum Gasteiger partial charge on any atom is 0.416 e. The molecule has 0 aliphatic heterocycles. The van der Waals surface area contributed by atoms with Gasteiger partial charge in [0.05, 0.1) is 5.56 Å². The van der Waals surface area contributed by atoms with Crippen LogP contribution < -0.4 is 5.73 Å². The fourth-order valence-corrected chi connectivity index (χ4v) is 2.12. The van der Waals surface area contributed by atoms with Crippen molar-refractivity contribution in [1.29, 1.82) is 0 Å². The van der Waals surface area contributed by atoms with Crippen LogP contribution in [0.25, 0.3) is 0 Å². The molecule has 0 saturated heterocycles. The van der Waals surface area contributed by atoms with Gasteiger partial charge in [0.15, 0.2) is 0 Å². The standard InChI is InChI=1S/C12H13F4N/c13-8-4-5-10(12(14,15)16)9(6-8)11(17)7-2-1-3-7/h4-7,11H,1-3,17H2/t11-/m1/s1. The lowest BCUT2D eigenvalue weighted by Gasteiger charge is -2.32. The van der Waals surface area contributed by atoms with Crippen LogP contribution in [0.3, 0.4) is 0 Å². The number of hydrogen-bond acceptors (Lipinski definition) is 1. The zero-order chi connectivity index (χ0) is 12.6. The largest absolute Gasteiger partial charge is 0.416 e. The van der Waals surface area contributed by atoms with E-state index in [0.717, 1.165) is 37.5 Å². The van der Waals surface area contributed by atoms with Gasteiger partial charge >= 0.3 is 6.18 Å². The van der Waals surface area contributed by atoms with Crippen molar-refractivity contribution in [2.45, 2.75) is 31.5 Å². The summed E-state index contributed by atoms with van der Waals surface area (Å²) in [4.78, 5) is 0. The Labute approximate surface area is 96.6 Å². The molecule has 1 saturated carbocycles. The van der Waals surface area contributed by atoms with E-state index in [1.807, 2.05) is 0 Å². The molecule has 17 heavy (non-hydrogen) atoms. The fraction of sp³-hybridized carbons (Fsp3) is 0.500. The van der Waals surface area contributed by atoms with Crippen LogP contribution in [0.15, 0.2) is 18.2 Å². The van der Waals surface area contributed by atoms with E-state index in [2.05, 4.69) is 0 Å². The Morgan fingerprint density at radius 2 is 1.88 bits per heavy atom. The molecule has 1 aliphatic rings. The van der Waals surface area contributed by atoms with Crippen LogP contribution in [-0.2, 0) is 6.18 Å². The molecular formula is C12H13F4N. The molecular weight excluding hydrogens is 234 g/mol. The van der Waals surface area contributed by atoms with Crippen molar-refractivity contribution in [3.8, 4) is 0 Å². The molecule has 1 nitrogen and oxygen atoms in total. The minimum Gasteiger partial charge on any atom is -0.324 e. The molecule has 0 unspecified atom stereocenters. The van der Waals surface area contributed by atoms with E-state index in [0.29, 0.717) is 0 Å². The molecule has 1 atom stereocenters. The Bertz CT molecular complexity index is 409. The van der Waals surface area contributed by atoms with Gasteiger partial charge in [0.25, 0.3) is 0 Å². The lowest BCUT2D eigenvalue weighted by Crippen LogP contribution is -2.29. The Balaban J connectivity index is 2.39. The van der Waals surface area contributed by atoms with Crippen LogP contribution in [0, 0.1) is 11.7 Å². The Hall–Kier alpha value is -1.10. The highest BCUT2D eigenvalue weighted by molar-refractivity contribution is 5.33. The first-order valence-corrected chi connectivity index (χ1v) is 5.52. The molecule has 94 valence electrons. The number of halogens is 4. The Morgan fingerprint density at radius 3 is 2.35 bits per heavy atom. The topological polar surface area (TPSA) is 26.0 Å². The number of hydrogen-bond donors (Lipinski definition) is 1. The third-order valence-corrected chi connectivity index (χ3v) is 3.34.